The Kier molecular flexibility index (Phi) is 18.2. The Balaban J connectivity index is 0.677. The lowest BCUT2D eigenvalue weighted by Crippen LogP contribution is -2.37. The molecule has 80 heavy (non-hydrogen) atoms. The molecular weight excluding hydrogens is 993 g/mol. The van der Waals surface area contributed by atoms with Gasteiger partial charge in [0.1, 0.15) is 12.3 Å². The molecule has 3 fully saturated rings. The molecule has 2 N–H and O–H groups in total. The number of carboxylic acids is 1. The Bertz CT molecular complexity index is 2960. The summed E-state index contributed by atoms with van der Waals surface area (Å²) >= 11 is 0. The van der Waals surface area contributed by atoms with Crippen molar-refractivity contribution in [1.82, 2.24) is 9.80 Å². The van der Waals surface area contributed by atoms with Crippen LogP contribution >= 0.6 is 0 Å². The highest BCUT2D eigenvalue weighted by molar-refractivity contribution is 5.71. The molecule has 1 spiro atoms. The number of anilines is 2. The fourth-order valence-corrected chi connectivity index (χ4v) is 14.9. The number of hydrogen-bond donors (Lipinski definition) is 2. The highest BCUT2D eigenvalue weighted by Crippen LogP contribution is 2.49. The van der Waals surface area contributed by atoms with Crippen LogP contribution in [0.1, 0.15) is 164 Å². The molecular formula is C70H84N4O6. The number of fused-ring (bicyclic) bond motifs is 2. The highest BCUT2D eigenvalue weighted by Gasteiger charge is 2.36. The summed E-state index contributed by atoms with van der Waals surface area (Å²) in [6, 6.07) is 52.9. The van der Waals surface area contributed by atoms with Crippen LogP contribution in [0, 0.1) is 5.41 Å². The van der Waals surface area contributed by atoms with Gasteiger partial charge in [-0.05, 0) is 233 Å². The predicted molar refractivity (Wildman–Crippen MR) is 320 cm³/mol. The molecule has 4 atom stereocenters. The topological polar surface area (TPSA) is 106 Å². The van der Waals surface area contributed by atoms with Crippen LogP contribution < -0.4 is 14.7 Å². The molecule has 3 saturated heterocycles. The van der Waals surface area contributed by atoms with E-state index in [1.165, 1.54) is 88.0 Å². The van der Waals surface area contributed by atoms with Crippen molar-refractivity contribution in [2.75, 3.05) is 75.2 Å². The summed E-state index contributed by atoms with van der Waals surface area (Å²) in [6.07, 6.45) is 18.6. The lowest BCUT2D eigenvalue weighted by Gasteiger charge is -2.37. The molecule has 2 aliphatic carbocycles. The van der Waals surface area contributed by atoms with Gasteiger partial charge in [0.25, 0.3) is 0 Å². The number of carbonyl (C=O) groups is 2. The SMILES string of the molecule is O=C(O)CN1CCCCCCN(c2ccc([C@@H]3c4ccc(OOC(=O)CN5CCCC6(CCC5)CCCN(c5ccc([C@@H]7c8ccc(O)cc8CC[C@@H]7c7ccccc7)cc5)CC6)cc4CC[C@@H]3c3ccccc3)cc2)CCCC1. The smallest absolute Gasteiger partial charge is 0.369 e. The molecule has 0 aromatic heterocycles. The second-order valence-corrected chi connectivity index (χ2v) is 24.1. The number of carboxylic acid groups (broad SMARTS) is 1. The zero-order chi connectivity index (χ0) is 54.7. The van der Waals surface area contributed by atoms with Gasteiger partial charge in [0.05, 0.1) is 6.54 Å². The number of aryl methyl sites for hydroxylation is 2. The van der Waals surface area contributed by atoms with Gasteiger partial charge >= 0.3 is 11.9 Å². The van der Waals surface area contributed by atoms with Crippen LogP contribution in [0.2, 0.25) is 0 Å². The first-order chi connectivity index (χ1) is 39.2. The van der Waals surface area contributed by atoms with Gasteiger partial charge in [-0.15, -0.1) is 0 Å². The quantitative estimate of drug-likeness (QED) is 0.0909. The number of aliphatic carboxylic acids is 1. The standard InChI is InChI=1S/C70H84N4O6/c75-60-30-34-64-56(48-60)24-32-62(52-16-5-3-6-17-52)68(64)54-22-28-59(29-23-54)74-46-15-38-70(39-47-74)36-13-42-72(43-14-37-70)51-67(78)80-79-61-31-35-65-57(49-61)25-33-63(53-18-7-4-8-19-53)69(65)55-20-26-58(27-21-55)73-44-10-2-1-9-40-71(50-66(76)77)41-11-12-45-73/h3-8,16-23,26-31,34-35,48-49,62-63,68-69,75H,1-2,9-15,24-25,32-33,36-47,50-51H2,(H,76,77)/t62-,63-,68+,69+/m1/s1. The monoisotopic (exact) mass is 1080 g/mol. The van der Waals surface area contributed by atoms with E-state index < -0.39 is 5.97 Å². The number of phenolic OH excluding ortho intramolecular Hbond substituents is 1. The molecule has 0 unspecified atom stereocenters. The maximum Gasteiger partial charge on any atom is 0.369 e. The average molecular weight is 1080 g/mol. The first kappa shape index (κ1) is 55.3. The molecule has 0 radical (unpaired) electrons. The third-order valence-electron chi connectivity index (χ3n) is 19.0. The zero-order valence-corrected chi connectivity index (χ0v) is 47.1. The maximum absolute atomic E-state index is 13.4. The lowest BCUT2D eigenvalue weighted by atomic mass is 9.69. The molecule has 6 aromatic carbocycles. The molecule has 10 heteroatoms. The summed E-state index contributed by atoms with van der Waals surface area (Å²) in [5.74, 6) is 0.948. The molecule has 420 valence electrons. The molecule has 11 rings (SSSR count). The van der Waals surface area contributed by atoms with Crippen LogP contribution in [0.15, 0.2) is 146 Å². The van der Waals surface area contributed by atoms with E-state index in [1.807, 2.05) is 18.2 Å². The van der Waals surface area contributed by atoms with Gasteiger partial charge in [-0.3, -0.25) is 19.5 Å². The van der Waals surface area contributed by atoms with Gasteiger partial charge in [-0.1, -0.05) is 110 Å². The van der Waals surface area contributed by atoms with Crippen molar-refractivity contribution >= 4 is 23.3 Å². The van der Waals surface area contributed by atoms with E-state index in [2.05, 4.69) is 147 Å². The van der Waals surface area contributed by atoms with Gasteiger partial charge in [-0.2, -0.15) is 0 Å². The van der Waals surface area contributed by atoms with Gasteiger partial charge in [0, 0.05) is 49.4 Å². The Morgan fingerprint density at radius 3 is 1.54 bits per heavy atom. The molecule has 0 amide bonds. The molecule has 10 nitrogen and oxygen atoms in total. The van der Waals surface area contributed by atoms with E-state index in [9.17, 15) is 19.8 Å². The van der Waals surface area contributed by atoms with Gasteiger partial charge in [0.2, 0.25) is 0 Å². The first-order valence-corrected chi connectivity index (χ1v) is 30.5. The summed E-state index contributed by atoms with van der Waals surface area (Å²) in [5, 5.41) is 19.8. The molecule has 6 aromatic rings. The number of phenols is 1. The van der Waals surface area contributed by atoms with E-state index in [-0.39, 0.29) is 30.9 Å². The zero-order valence-electron chi connectivity index (χ0n) is 47.1. The van der Waals surface area contributed by atoms with Gasteiger partial charge in [-0.25, -0.2) is 9.68 Å². The third-order valence-corrected chi connectivity index (χ3v) is 19.0. The molecule has 3 heterocycles. The van der Waals surface area contributed by atoms with Crippen molar-refractivity contribution in [2.45, 2.75) is 133 Å². The van der Waals surface area contributed by atoms with Crippen LogP contribution in [-0.4, -0.2) is 97.4 Å². The number of carbonyl (C=O) groups excluding carboxylic acids is 1. The maximum atomic E-state index is 13.4. The van der Waals surface area contributed by atoms with E-state index in [0.29, 0.717) is 28.7 Å². The van der Waals surface area contributed by atoms with Crippen molar-refractivity contribution < 1.29 is 29.6 Å². The van der Waals surface area contributed by atoms with Crippen molar-refractivity contribution in [3.63, 3.8) is 0 Å². The second-order valence-electron chi connectivity index (χ2n) is 24.1. The van der Waals surface area contributed by atoms with E-state index in [1.54, 1.807) is 0 Å². The Hall–Kier alpha value is -6.62. The van der Waals surface area contributed by atoms with Crippen LogP contribution in [0.3, 0.4) is 0 Å². The van der Waals surface area contributed by atoms with Crippen molar-refractivity contribution in [1.29, 1.82) is 0 Å². The number of benzene rings is 6. The number of aromatic hydroxyl groups is 1. The van der Waals surface area contributed by atoms with Gasteiger partial charge < -0.3 is 20.0 Å². The van der Waals surface area contributed by atoms with E-state index in [0.717, 1.165) is 129 Å². The number of likely N-dealkylation sites (tertiary alicyclic amines) is 1. The van der Waals surface area contributed by atoms with E-state index >= 15 is 0 Å². The van der Waals surface area contributed by atoms with Crippen LogP contribution in [0.5, 0.6) is 11.5 Å². The molecule has 3 aliphatic heterocycles. The summed E-state index contributed by atoms with van der Waals surface area (Å²) < 4.78 is 0. The fraction of sp³-hybridized carbons (Fsp3) is 0.457. The van der Waals surface area contributed by atoms with Gasteiger partial charge in [0.15, 0.2) is 5.75 Å². The number of nitrogens with zero attached hydrogens (tertiary/aromatic N) is 4. The molecule has 0 saturated carbocycles. The van der Waals surface area contributed by atoms with Crippen molar-refractivity contribution in [2.24, 2.45) is 5.41 Å². The number of rotatable bonds is 12. The third kappa shape index (κ3) is 13.6. The first-order valence-electron chi connectivity index (χ1n) is 30.5. The van der Waals surface area contributed by atoms with E-state index in [4.69, 9.17) is 9.78 Å². The average Bonchev–Trinajstić information content (AvgIpc) is 3.78. The Labute approximate surface area is 475 Å². The molecule has 0 bridgehead atoms. The predicted octanol–water partition coefficient (Wildman–Crippen LogP) is 14.1. The highest BCUT2D eigenvalue weighted by atomic mass is 17.2. The molecule has 5 aliphatic rings. The summed E-state index contributed by atoms with van der Waals surface area (Å²) in [7, 11) is 0. The summed E-state index contributed by atoms with van der Waals surface area (Å²) in [4.78, 5) is 45.9. The largest absolute Gasteiger partial charge is 0.508 e. The Morgan fingerprint density at radius 1 is 0.475 bits per heavy atom. The summed E-state index contributed by atoms with van der Waals surface area (Å²) in [5.41, 5.74) is 13.4. The minimum atomic E-state index is -0.738. The minimum absolute atomic E-state index is 0.130. The summed E-state index contributed by atoms with van der Waals surface area (Å²) in [6.45, 7) is 7.96. The minimum Gasteiger partial charge on any atom is -0.508 e. The Morgan fingerprint density at radius 2 is 0.950 bits per heavy atom. The lowest BCUT2D eigenvalue weighted by molar-refractivity contribution is -0.214. The van der Waals surface area contributed by atoms with Crippen LogP contribution in [0.4, 0.5) is 11.4 Å². The second kappa shape index (κ2) is 26.3. The fourth-order valence-electron chi connectivity index (χ4n) is 14.9. The van der Waals surface area contributed by atoms with Crippen LogP contribution in [-0.2, 0) is 27.3 Å². The van der Waals surface area contributed by atoms with Crippen molar-refractivity contribution in [3.05, 3.63) is 190 Å². The number of hydrogen-bond acceptors (Lipinski definition) is 9. The van der Waals surface area contributed by atoms with Crippen molar-refractivity contribution in [3.8, 4) is 11.5 Å². The van der Waals surface area contributed by atoms with Crippen LogP contribution in [0.25, 0.3) is 0 Å². The normalized spacial score (nSPS) is 22.5.